The van der Waals surface area contributed by atoms with Crippen LogP contribution in [0.25, 0.3) is 5.13 Å². The molecule has 0 spiro atoms. The molecule has 1 aromatic carbocycles. The number of benzene rings is 1. The van der Waals surface area contributed by atoms with Crippen molar-refractivity contribution < 1.29 is 4.79 Å². The van der Waals surface area contributed by atoms with Gasteiger partial charge in [0.15, 0.2) is 5.13 Å². The molecule has 0 radical (unpaired) electrons. The molecule has 0 aliphatic rings. The molecule has 0 aliphatic heterocycles. The second kappa shape index (κ2) is 7.89. The fourth-order valence-corrected chi connectivity index (χ4v) is 3.31. The lowest BCUT2D eigenvalue weighted by molar-refractivity contribution is 0.0962. The van der Waals surface area contributed by atoms with E-state index in [-0.39, 0.29) is 5.91 Å². The van der Waals surface area contributed by atoms with E-state index in [1.165, 1.54) is 11.3 Å². The van der Waals surface area contributed by atoms with Gasteiger partial charge in [-0.15, -0.1) is 0 Å². The molecule has 0 atom stereocenters. The lowest BCUT2D eigenvalue weighted by Gasteiger charge is -2.11. The van der Waals surface area contributed by atoms with Gasteiger partial charge in [-0.1, -0.05) is 23.2 Å². The average molecular weight is 364 g/mol. The maximum absolute atomic E-state index is 12.4. The van der Waals surface area contributed by atoms with Gasteiger partial charge in [-0.25, -0.2) is 4.98 Å². The van der Waals surface area contributed by atoms with Crippen molar-refractivity contribution in [1.82, 2.24) is 14.9 Å². The molecular formula is C20H20N4OS. The van der Waals surface area contributed by atoms with Gasteiger partial charge in [-0.2, -0.15) is 0 Å². The molecule has 26 heavy (non-hydrogen) atoms. The van der Waals surface area contributed by atoms with Crippen LogP contribution in [0.15, 0.2) is 48.8 Å². The molecule has 0 aliphatic carbocycles. The maximum atomic E-state index is 12.4. The number of carbonyl (C=O) groups excluding carboxylic acids is 1. The Labute approximate surface area is 157 Å². The third-order valence-electron chi connectivity index (χ3n) is 3.77. The van der Waals surface area contributed by atoms with Crippen LogP contribution in [0.5, 0.6) is 0 Å². The van der Waals surface area contributed by atoms with Gasteiger partial charge in [0, 0.05) is 37.7 Å². The third kappa shape index (κ3) is 4.13. The molecule has 5 nitrogen and oxygen atoms in total. The second-order valence-electron chi connectivity index (χ2n) is 5.93. The summed E-state index contributed by atoms with van der Waals surface area (Å²) >= 11 is 1.37. The highest BCUT2D eigenvalue weighted by Gasteiger charge is 2.15. The molecule has 2 heterocycles. The van der Waals surface area contributed by atoms with Gasteiger partial charge in [0.2, 0.25) is 0 Å². The third-order valence-corrected chi connectivity index (χ3v) is 4.94. The number of hydrogen-bond acceptors (Lipinski definition) is 4. The molecule has 0 bridgehead atoms. The van der Waals surface area contributed by atoms with Gasteiger partial charge < -0.3 is 14.8 Å². The van der Waals surface area contributed by atoms with E-state index < -0.39 is 0 Å². The average Bonchev–Trinajstić information content (AvgIpc) is 3.28. The van der Waals surface area contributed by atoms with Gasteiger partial charge in [-0.3, -0.25) is 4.79 Å². The van der Waals surface area contributed by atoms with Crippen LogP contribution in [0.2, 0.25) is 0 Å². The summed E-state index contributed by atoms with van der Waals surface area (Å²) in [7, 11) is 4.00. The van der Waals surface area contributed by atoms with Crippen LogP contribution in [-0.4, -0.2) is 36.1 Å². The zero-order valence-electron chi connectivity index (χ0n) is 15.0. The standard InChI is InChI=1S/C20H20N4OS/c1-15-18(26-20(22-15)24-13-4-5-14-24)19(25)21-12-6-7-16-8-10-17(11-9-16)23(2)3/h4-5,8-11,13-14H,12H2,1-3H3,(H,21,25). The molecule has 1 amide bonds. The van der Waals surface area contributed by atoms with Crippen molar-refractivity contribution in [3.05, 3.63) is 64.9 Å². The zero-order valence-corrected chi connectivity index (χ0v) is 15.8. The van der Waals surface area contributed by atoms with E-state index >= 15 is 0 Å². The predicted octanol–water partition coefficient (Wildman–Crippen LogP) is 3.09. The Kier molecular flexibility index (Phi) is 5.40. The van der Waals surface area contributed by atoms with Gasteiger partial charge in [0.1, 0.15) is 4.88 Å². The number of aromatic nitrogens is 2. The van der Waals surface area contributed by atoms with E-state index in [2.05, 4.69) is 22.1 Å². The van der Waals surface area contributed by atoms with Crippen LogP contribution < -0.4 is 10.2 Å². The highest BCUT2D eigenvalue weighted by Crippen LogP contribution is 2.21. The van der Waals surface area contributed by atoms with Crippen molar-refractivity contribution in [2.45, 2.75) is 6.92 Å². The molecular weight excluding hydrogens is 344 g/mol. The topological polar surface area (TPSA) is 50.2 Å². The van der Waals surface area contributed by atoms with Crippen molar-refractivity contribution in [3.63, 3.8) is 0 Å². The van der Waals surface area contributed by atoms with Crippen LogP contribution in [0.1, 0.15) is 20.9 Å². The molecule has 0 fully saturated rings. The predicted molar refractivity (Wildman–Crippen MR) is 106 cm³/mol. The second-order valence-corrected chi connectivity index (χ2v) is 6.90. The van der Waals surface area contributed by atoms with Gasteiger partial charge in [0.25, 0.3) is 5.91 Å². The summed E-state index contributed by atoms with van der Waals surface area (Å²) < 4.78 is 1.89. The molecule has 132 valence electrons. The first-order valence-electron chi connectivity index (χ1n) is 8.20. The molecule has 3 rings (SSSR count). The number of nitrogens with one attached hydrogen (secondary N) is 1. The minimum atomic E-state index is -0.143. The first-order valence-corrected chi connectivity index (χ1v) is 9.01. The van der Waals surface area contributed by atoms with Crippen molar-refractivity contribution in [3.8, 4) is 17.0 Å². The number of rotatable bonds is 4. The minimum Gasteiger partial charge on any atom is -0.378 e. The quantitative estimate of drug-likeness (QED) is 0.724. The Morgan fingerprint density at radius 3 is 2.58 bits per heavy atom. The normalized spacial score (nSPS) is 10.1. The SMILES string of the molecule is Cc1nc(-n2cccc2)sc1C(=O)NCC#Cc1ccc(N(C)C)cc1. The summed E-state index contributed by atoms with van der Waals surface area (Å²) in [6.07, 6.45) is 3.82. The largest absolute Gasteiger partial charge is 0.378 e. The smallest absolute Gasteiger partial charge is 0.264 e. The van der Waals surface area contributed by atoms with Crippen LogP contribution in [0.3, 0.4) is 0 Å². The van der Waals surface area contributed by atoms with Gasteiger partial charge >= 0.3 is 0 Å². The van der Waals surface area contributed by atoms with Crippen molar-refractivity contribution in [2.24, 2.45) is 0 Å². The van der Waals surface area contributed by atoms with Crippen LogP contribution >= 0.6 is 11.3 Å². The molecule has 1 N–H and O–H groups in total. The van der Waals surface area contributed by atoms with Crippen molar-refractivity contribution in [1.29, 1.82) is 0 Å². The summed E-state index contributed by atoms with van der Waals surface area (Å²) in [5, 5.41) is 3.62. The summed E-state index contributed by atoms with van der Waals surface area (Å²) in [4.78, 5) is 19.5. The number of anilines is 1. The van der Waals surface area contributed by atoms with Crippen LogP contribution in [0, 0.1) is 18.8 Å². The van der Waals surface area contributed by atoms with E-state index in [0.717, 1.165) is 22.1 Å². The van der Waals surface area contributed by atoms with Crippen LogP contribution in [0.4, 0.5) is 5.69 Å². The molecule has 0 saturated carbocycles. The van der Waals surface area contributed by atoms with E-state index in [9.17, 15) is 4.79 Å². The highest BCUT2D eigenvalue weighted by molar-refractivity contribution is 7.16. The highest BCUT2D eigenvalue weighted by atomic mass is 32.1. The Bertz CT molecular complexity index is 944. The number of carbonyl (C=O) groups is 1. The maximum Gasteiger partial charge on any atom is 0.264 e. The summed E-state index contributed by atoms with van der Waals surface area (Å²) in [6, 6.07) is 11.8. The Morgan fingerprint density at radius 2 is 1.92 bits per heavy atom. The van der Waals surface area contributed by atoms with Gasteiger partial charge in [0.05, 0.1) is 12.2 Å². The van der Waals surface area contributed by atoms with Crippen LogP contribution in [-0.2, 0) is 0 Å². The Hall–Kier alpha value is -3.04. The molecule has 2 aromatic heterocycles. The lowest BCUT2D eigenvalue weighted by Crippen LogP contribution is -2.23. The molecule has 0 unspecified atom stereocenters. The number of amides is 1. The Balaban J connectivity index is 1.60. The van der Waals surface area contributed by atoms with E-state index in [0.29, 0.717) is 11.4 Å². The summed E-state index contributed by atoms with van der Waals surface area (Å²) in [6.45, 7) is 2.14. The fourth-order valence-electron chi connectivity index (χ4n) is 2.36. The summed E-state index contributed by atoms with van der Waals surface area (Å²) in [5.74, 6) is 5.91. The minimum absolute atomic E-state index is 0.143. The van der Waals surface area contributed by atoms with Gasteiger partial charge in [-0.05, 0) is 43.3 Å². The number of nitrogens with zero attached hydrogens (tertiary/aromatic N) is 3. The zero-order chi connectivity index (χ0) is 18.5. The first kappa shape index (κ1) is 17.8. The lowest BCUT2D eigenvalue weighted by atomic mass is 10.2. The molecule has 3 aromatic rings. The molecule has 0 saturated heterocycles. The van der Waals surface area contributed by atoms with Crippen molar-refractivity contribution in [2.75, 3.05) is 25.5 Å². The van der Waals surface area contributed by atoms with E-state index in [1.54, 1.807) is 0 Å². The first-order chi connectivity index (χ1) is 12.5. The fraction of sp³-hybridized carbons (Fsp3) is 0.200. The number of thiazole rings is 1. The van der Waals surface area contributed by atoms with Crippen molar-refractivity contribution >= 4 is 22.9 Å². The van der Waals surface area contributed by atoms with E-state index in [1.807, 2.05) is 79.3 Å². The Morgan fingerprint density at radius 1 is 1.23 bits per heavy atom. The monoisotopic (exact) mass is 364 g/mol. The number of aryl methyl sites for hydroxylation is 1. The van der Waals surface area contributed by atoms with E-state index in [4.69, 9.17) is 0 Å². The summed E-state index contributed by atoms with van der Waals surface area (Å²) in [5.41, 5.74) is 2.78. The molecule has 6 heteroatoms. The number of hydrogen-bond donors (Lipinski definition) is 1.